The standard InChI is InChI=1S/C20H25N5S/c1-16-20(26-15-21-16)14-24-11-6-5-9-18(24)10-12-25-13-19(22-23-25)17-7-3-2-4-8-17/h2-4,7-8,13,15,18H,5-6,9-12,14H2,1H3. The van der Waals surface area contributed by atoms with Crippen LogP contribution < -0.4 is 0 Å². The molecule has 0 saturated carbocycles. The lowest BCUT2D eigenvalue weighted by Gasteiger charge is -2.35. The van der Waals surface area contributed by atoms with Gasteiger partial charge in [0.2, 0.25) is 0 Å². The van der Waals surface area contributed by atoms with Crippen LogP contribution in [0.3, 0.4) is 0 Å². The van der Waals surface area contributed by atoms with Gasteiger partial charge in [-0.2, -0.15) is 0 Å². The molecule has 1 aliphatic heterocycles. The van der Waals surface area contributed by atoms with E-state index < -0.39 is 0 Å². The summed E-state index contributed by atoms with van der Waals surface area (Å²) < 4.78 is 1.99. The quantitative estimate of drug-likeness (QED) is 0.656. The second-order valence-corrected chi connectivity index (χ2v) is 7.94. The fourth-order valence-corrected chi connectivity index (χ4v) is 4.49. The Balaban J connectivity index is 1.38. The van der Waals surface area contributed by atoms with E-state index in [9.17, 15) is 0 Å². The van der Waals surface area contributed by atoms with Crippen LogP contribution in [0.1, 0.15) is 36.3 Å². The van der Waals surface area contributed by atoms with Gasteiger partial charge in [0.05, 0.1) is 17.4 Å². The molecule has 3 heterocycles. The molecule has 4 rings (SSSR count). The van der Waals surface area contributed by atoms with Crippen LogP contribution in [0.2, 0.25) is 0 Å². The van der Waals surface area contributed by atoms with Crippen molar-refractivity contribution in [1.29, 1.82) is 0 Å². The Hall–Kier alpha value is -2.05. The zero-order chi connectivity index (χ0) is 17.8. The first-order valence-electron chi connectivity index (χ1n) is 9.38. The van der Waals surface area contributed by atoms with Crippen molar-refractivity contribution < 1.29 is 0 Å². The van der Waals surface area contributed by atoms with Crippen LogP contribution in [0.5, 0.6) is 0 Å². The molecule has 26 heavy (non-hydrogen) atoms. The van der Waals surface area contributed by atoms with Gasteiger partial charge >= 0.3 is 0 Å². The first-order valence-corrected chi connectivity index (χ1v) is 10.3. The highest BCUT2D eigenvalue weighted by molar-refractivity contribution is 7.09. The molecule has 0 aliphatic carbocycles. The number of aryl methyl sites for hydroxylation is 2. The minimum absolute atomic E-state index is 0.620. The number of hydrogen-bond acceptors (Lipinski definition) is 5. The molecule has 136 valence electrons. The number of piperidine rings is 1. The molecular formula is C20H25N5S. The molecule has 2 aromatic heterocycles. The number of benzene rings is 1. The molecule has 0 amide bonds. The molecule has 0 spiro atoms. The van der Waals surface area contributed by atoms with Gasteiger partial charge < -0.3 is 0 Å². The summed E-state index contributed by atoms with van der Waals surface area (Å²) >= 11 is 1.78. The number of hydrogen-bond donors (Lipinski definition) is 0. The molecule has 1 atom stereocenters. The van der Waals surface area contributed by atoms with Gasteiger partial charge in [0, 0.05) is 29.6 Å². The van der Waals surface area contributed by atoms with Crippen LogP contribution in [-0.2, 0) is 13.1 Å². The van der Waals surface area contributed by atoms with Gasteiger partial charge in [0.15, 0.2) is 0 Å². The van der Waals surface area contributed by atoms with Crippen molar-refractivity contribution in [3.8, 4) is 11.3 Å². The molecule has 1 saturated heterocycles. The molecular weight excluding hydrogens is 342 g/mol. The van der Waals surface area contributed by atoms with E-state index in [0.717, 1.165) is 30.8 Å². The summed E-state index contributed by atoms with van der Waals surface area (Å²) in [5.74, 6) is 0. The zero-order valence-corrected chi connectivity index (χ0v) is 16.0. The molecule has 6 heteroatoms. The summed E-state index contributed by atoms with van der Waals surface area (Å²) in [6.07, 6.45) is 7.09. The first kappa shape index (κ1) is 17.4. The van der Waals surface area contributed by atoms with Gasteiger partial charge in [0.1, 0.15) is 5.69 Å². The van der Waals surface area contributed by atoms with Crippen molar-refractivity contribution >= 4 is 11.3 Å². The van der Waals surface area contributed by atoms with E-state index in [0.29, 0.717) is 6.04 Å². The zero-order valence-electron chi connectivity index (χ0n) is 15.2. The highest BCUT2D eigenvalue weighted by Crippen LogP contribution is 2.25. The van der Waals surface area contributed by atoms with E-state index in [-0.39, 0.29) is 0 Å². The van der Waals surface area contributed by atoms with Gasteiger partial charge in [-0.3, -0.25) is 9.58 Å². The summed E-state index contributed by atoms with van der Waals surface area (Å²) in [7, 11) is 0. The van der Waals surface area contributed by atoms with Crippen molar-refractivity contribution in [2.45, 2.75) is 51.7 Å². The fourth-order valence-electron chi connectivity index (χ4n) is 3.69. The van der Waals surface area contributed by atoms with Gasteiger partial charge in [-0.25, -0.2) is 4.98 Å². The van der Waals surface area contributed by atoms with Crippen molar-refractivity contribution in [2.24, 2.45) is 0 Å². The third-order valence-corrected chi connectivity index (χ3v) is 6.16. The Bertz CT molecular complexity index is 826. The average Bonchev–Trinajstić information content (AvgIpc) is 3.31. The molecule has 5 nitrogen and oxygen atoms in total. The highest BCUT2D eigenvalue weighted by Gasteiger charge is 2.23. The summed E-state index contributed by atoms with van der Waals surface area (Å²) in [5.41, 5.74) is 5.22. The Morgan fingerprint density at radius 2 is 2.08 bits per heavy atom. The highest BCUT2D eigenvalue weighted by atomic mass is 32.1. The third-order valence-electron chi connectivity index (χ3n) is 5.24. The van der Waals surface area contributed by atoms with E-state index in [1.54, 1.807) is 11.3 Å². The fraction of sp³-hybridized carbons (Fsp3) is 0.450. The maximum absolute atomic E-state index is 4.40. The van der Waals surface area contributed by atoms with Crippen molar-refractivity contribution in [2.75, 3.05) is 6.54 Å². The summed E-state index contributed by atoms with van der Waals surface area (Å²) in [6.45, 7) is 5.26. The lowest BCUT2D eigenvalue weighted by atomic mass is 9.99. The average molecular weight is 368 g/mol. The van der Waals surface area contributed by atoms with Crippen molar-refractivity contribution in [1.82, 2.24) is 24.9 Å². The minimum Gasteiger partial charge on any atom is -0.295 e. The number of thiazole rings is 1. The minimum atomic E-state index is 0.620. The largest absolute Gasteiger partial charge is 0.295 e. The molecule has 3 aromatic rings. The summed E-state index contributed by atoms with van der Waals surface area (Å²) in [6, 6.07) is 10.9. The second kappa shape index (κ2) is 8.10. The third kappa shape index (κ3) is 4.02. The van der Waals surface area contributed by atoms with Crippen LogP contribution in [0.4, 0.5) is 0 Å². The van der Waals surface area contributed by atoms with Gasteiger partial charge in [0.25, 0.3) is 0 Å². The van der Waals surface area contributed by atoms with Crippen LogP contribution in [0, 0.1) is 6.92 Å². The van der Waals surface area contributed by atoms with E-state index in [1.165, 1.54) is 36.4 Å². The predicted octanol–water partition coefficient (Wildman–Crippen LogP) is 4.15. The SMILES string of the molecule is Cc1ncsc1CN1CCCCC1CCn1cc(-c2ccccc2)nn1. The van der Waals surface area contributed by atoms with Gasteiger partial charge in [-0.1, -0.05) is 42.0 Å². The molecule has 1 aromatic carbocycles. The maximum Gasteiger partial charge on any atom is 0.113 e. The second-order valence-electron chi connectivity index (χ2n) is 7.00. The number of likely N-dealkylation sites (tertiary alicyclic amines) is 1. The predicted molar refractivity (Wildman–Crippen MR) is 105 cm³/mol. The molecule has 0 bridgehead atoms. The Morgan fingerprint density at radius 3 is 2.88 bits per heavy atom. The van der Waals surface area contributed by atoms with Crippen LogP contribution in [-0.4, -0.2) is 37.5 Å². The van der Waals surface area contributed by atoms with E-state index in [2.05, 4.69) is 45.4 Å². The lowest BCUT2D eigenvalue weighted by Crippen LogP contribution is -2.39. The number of rotatable bonds is 6. The lowest BCUT2D eigenvalue weighted by molar-refractivity contribution is 0.128. The van der Waals surface area contributed by atoms with Crippen LogP contribution in [0.15, 0.2) is 42.0 Å². The van der Waals surface area contributed by atoms with E-state index in [4.69, 9.17) is 0 Å². The van der Waals surface area contributed by atoms with Gasteiger partial charge in [-0.05, 0) is 32.7 Å². The Kier molecular flexibility index (Phi) is 5.41. The molecule has 1 aliphatic rings. The molecule has 1 fully saturated rings. The van der Waals surface area contributed by atoms with E-state index in [1.807, 2.05) is 28.4 Å². The summed E-state index contributed by atoms with van der Waals surface area (Å²) in [4.78, 5) is 8.45. The van der Waals surface area contributed by atoms with Gasteiger partial charge in [-0.15, -0.1) is 16.4 Å². The normalized spacial score (nSPS) is 18.3. The summed E-state index contributed by atoms with van der Waals surface area (Å²) in [5, 5.41) is 8.67. The Labute approximate surface area is 158 Å². The smallest absolute Gasteiger partial charge is 0.113 e. The first-order chi connectivity index (χ1) is 12.8. The Morgan fingerprint density at radius 1 is 1.19 bits per heavy atom. The monoisotopic (exact) mass is 367 g/mol. The van der Waals surface area contributed by atoms with Crippen LogP contribution >= 0.6 is 11.3 Å². The van der Waals surface area contributed by atoms with E-state index >= 15 is 0 Å². The molecule has 0 N–H and O–H groups in total. The molecule has 1 unspecified atom stereocenters. The number of aromatic nitrogens is 4. The number of nitrogens with zero attached hydrogens (tertiary/aromatic N) is 5. The topological polar surface area (TPSA) is 46.8 Å². The van der Waals surface area contributed by atoms with Crippen molar-refractivity contribution in [3.05, 3.63) is 52.6 Å². The van der Waals surface area contributed by atoms with Crippen molar-refractivity contribution in [3.63, 3.8) is 0 Å². The maximum atomic E-state index is 4.40. The van der Waals surface area contributed by atoms with Crippen LogP contribution in [0.25, 0.3) is 11.3 Å². The molecule has 0 radical (unpaired) electrons.